The van der Waals surface area contributed by atoms with Crippen LogP contribution in [0.3, 0.4) is 0 Å². The van der Waals surface area contributed by atoms with Crippen LogP contribution in [0.25, 0.3) is 10.9 Å². The Morgan fingerprint density at radius 1 is 1.25 bits per heavy atom. The maximum atomic E-state index is 12.8. The minimum atomic E-state index is -0.329. The molecule has 2 aromatic rings. The molecule has 1 aliphatic rings. The van der Waals surface area contributed by atoms with Crippen LogP contribution in [0.2, 0.25) is 0 Å². The van der Waals surface area contributed by atoms with Crippen molar-refractivity contribution in [1.82, 2.24) is 15.2 Å². The third-order valence-electron chi connectivity index (χ3n) is 4.65. The Labute approximate surface area is 143 Å². The fraction of sp³-hybridized carbons (Fsp3) is 0.526. The highest BCUT2D eigenvalue weighted by Gasteiger charge is 2.31. The molecule has 1 atom stereocenters. The number of aromatic nitrogens is 1. The quantitative estimate of drug-likeness (QED) is 0.606. The Bertz CT molecular complexity index is 661. The third-order valence-corrected chi connectivity index (χ3v) is 4.65. The van der Waals surface area contributed by atoms with Gasteiger partial charge in [0.2, 0.25) is 0 Å². The lowest BCUT2D eigenvalue weighted by Crippen LogP contribution is -2.47. The number of unbranched alkanes of at least 4 members (excludes halogenated alkanes) is 2. The molecule has 2 N–H and O–H groups in total. The van der Waals surface area contributed by atoms with Crippen molar-refractivity contribution in [3.63, 3.8) is 0 Å². The van der Waals surface area contributed by atoms with Gasteiger partial charge in [-0.05, 0) is 12.5 Å². The standard InChI is InChI=1S/C19H27N3O2/c1-2-3-6-13-24-19(23)18(22-11-9-20-10-12-22)16-14-21-17-8-5-4-7-15(16)17/h4-5,7-8,14,18,20-21H,2-3,6,9-13H2,1H3. The van der Waals surface area contributed by atoms with Gasteiger partial charge in [0.15, 0.2) is 0 Å². The fourth-order valence-electron chi connectivity index (χ4n) is 3.34. The summed E-state index contributed by atoms with van der Waals surface area (Å²) >= 11 is 0. The number of hydrogen-bond acceptors (Lipinski definition) is 4. The second kappa shape index (κ2) is 8.31. The largest absolute Gasteiger partial charge is 0.464 e. The summed E-state index contributed by atoms with van der Waals surface area (Å²) in [5, 5.41) is 4.45. The summed E-state index contributed by atoms with van der Waals surface area (Å²) in [6.07, 6.45) is 5.12. The fourth-order valence-corrected chi connectivity index (χ4v) is 3.34. The minimum Gasteiger partial charge on any atom is -0.464 e. The number of piperazine rings is 1. The van der Waals surface area contributed by atoms with Crippen LogP contribution in [0.4, 0.5) is 0 Å². The Balaban J connectivity index is 1.82. The van der Waals surface area contributed by atoms with Crippen molar-refractivity contribution in [2.45, 2.75) is 32.2 Å². The molecule has 5 nitrogen and oxygen atoms in total. The van der Waals surface area contributed by atoms with E-state index in [1.54, 1.807) is 0 Å². The van der Waals surface area contributed by atoms with E-state index in [2.05, 4.69) is 28.2 Å². The van der Waals surface area contributed by atoms with Crippen LogP contribution in [0, 0.1) is 0 Å². The number of rotatable bonds is 7. The predicted octanol–water partition coefficient (Wildman–Crippen LogP) is 2.85. The van der Waals surface area contributed by atoms with Gasteiger partial charge in [0.1, 0.15) is 6.04 Å². The SMILES string of the molecule is CCCCCOC(=O)C(c1c[nH]c2ccccc12)N1CCNCC1. The third kappa shape index (κ3) is 3.79. The zero-order valence-electron chi connectivity index (χ0n) is 14.4. The van der Waals surface area contributed by atoms with E-state index in [1.165, 1.54) is 0 Å². The summed E-state index contributed by atoms with van der Waals surface area (Å²) in [5.41, 5.74) is 2.08. The number of carbonyl (C=O) groups is 1. The van der Waals surface area contributed by atoms with Gasteiger partial charge >= 0.3 is 5.97 Å². The number of hydrogen-bond donors (Lipinski definition) is 2. The molecule has 1 saturated heterocycles. The van der Waals surface area contributed by atoms with Crippen molar-refractivity contribution >= 4 is 16.9 Å². The normalized spacial score (nSPS) is 17.0. The molecule has 24 heavy (non-hydrogen) atoms. The molecule has 0 radical (unpaired) electrons. The smallest absolute Gasteiger partial charge is 0.328 e. The molecule has 0 saturated carbocycles. The first-order chi connectivity index (χ1) is 11.8. The molecule has 1 aliphatic heterocycles. The van der Waals surface area contributed by atoms with Crippen LogP contribution < -0.4 is 5.32 Å². The first-order valence-corrected chi connectivity index (χ1v) is 8.98. The Morgan fingerprint density at radius 2 is 2.04 bits per heavy atom. The summed E-state index contributed by atoms with van der Waals surface area (Å²) in [5.74, 6) is -0.127. The molecule has 1 aromatic carbocycles. The zero-order valence-corrected chi connectivity index (χ0v) is 14.4. The number of carbonyl (C=O) groups excluding carboxylic acids is 1. The number of fused-ring (bicyclic) bond motifs is 1. The van der Waals surface area contributed by atoms with Crippen LogP contribution >= 0.6 is 0 Å². The highest BCUT2D eigenvalue weighted by atomic mass is 16.5. The van der Waals surface area contributed by atoms with Gasteiger partial charge in [-0.2, -0.15) is 0 Å². The maximum Gasteiger partial charge on any atom is 0.328 e. The van der Waals surface area contributed by atoms with Crippen LogP contribution in [0.15, 0.2) is 30.5 Å². The molecule has 3 rings (SSSR count). The molecule has 0 spiro atoms. The average molecular weight is 329 g/mol. The molecule has 0 amide bonds. The molecular weight excluding hydrogens is 302 g/mol. The average Bonchev–Trinajstić information content (AvgIpc) is 3.04. The van der Waals surface area contributed by atoms with Gasteiger partial charge in [-0.3, -0.25) is 4.90 Å². The Hall–Kier alpha value is -1.85. The Kier molecular flexibility index (Phi) is 5.88. The van der Waals surface area contributed by atoms with Gasteiger partial charge in [0, 0.05) is 48.8 Å². The van der Waals surface area contributed by atoms with E-state index < -0.39 is 0 Å². The summed E-state index contributed by atoms with van der Waals surface area (Å²) in [7, 11) is 0. The van der Waals surface area contributed by atoms with E-state index >= 15 is 0 Å². The molecule has 130 valence electrons. The Morgan fingerprint density at radius 3 is 2.83 bits per heavy atom. The number of para-hydroxylation sites is 1. The van der Waals surface area contributed by atoms with E-state index in [0.717, 1.165) is 61.9 Å². The second-order valence-electron chi connectivity index (χ2n) is 6.35. The topological polar surface area (TPSA) is 57.4 Å². The number of nitrogens with zero attached hydrogens (tertiary/aromatic N) is 1. The summed E-state index contributed by atoms with van der Waals surface area (Å²) in [6.45, 7) is 6.18. The van der Waals surface area contributed by atoms with Crippen molar-refractivity contribution in [3.8, 4) is 0 Å². The summed E-state index contributed by atoms with van der Waals surface area (Å²) in [6, 6.07) is 7.80. The lowest BCUT2D eigenvalue weighted by molar-refractivity contribution is -0.150. The number of aromatic amines is 1. The van der Waals surface area contributed by atoms with E-state index in [-0.39, 0.29) is 12.0 Å². The highest BCUT2D eigenvalue weighted by Crippen LogP contribution is 2.29. The van der Waals surface area contributed by atoms with Gasteiger partial charge in [0.25, 0.3) is 0 Å². The zero-order chi connectivity index (χ0) is 16.8. The van der Waals surface area contributed by atoms with Gasteiger partial charge in [0.05, 0.1) is 6.61 Å². The van der Waals surface area contributed by atoms with Crippen LogP contribution in [0.5, 0.6) is 0 Å². The lowest BCUT2D eigenvalue weighted by atomic mass is 10.0. The van der Waals surface area contributed by atoms with E-state index in [1.807, 2.05) is 24.4 Å². The first-order valence-electron chi connectivity index (χ1n) is 8.98. The van der Waals surface area contributed by atoms with Gasteiger partial charge in [-0.25, -0.2) is 4.79 Å². The molecule has 2 heterocycles. The maximum absolute atomic E-state index is 12.8. The van der Waals surface area contributed by atoms with Crippen LogP contribution in [0.1, 0.15) is 37.8 Å². The summed E-state index contributed by atoms with van der Waals surface area (Å²) in [4.78, 5) is 18.4. The number of benzene rings is 1. The monoisotopic (exact) mass is 329 g/mol. The minimum absolute atomic E-state index is 0.127. The van der Waals surface area contributed by atoms with Gasteiger partial charge < -0.3 is 15.0 Å². The number of esters is 1. The van der Waals surface area contributed by atoms with Gasteiger partial charge in [-0.15, -0.1) is 0 Å². The molecular formula is C19H27N3O2. The second-order valence-corrected chi connectivity index (χ2v) is 6.35. The molecule has 0 bridgehead atoms. The number of ether oxygens (including phenoxy) is 1. The molecule has 5 heteroatoms. The predicted molar refractivity (Wildman–Crippen MR) is 96.0 cm³/mol. The van der Waals surface area contributed by atoms with Crippen molar-refractivity contribution in [3.05, 3.63) is 36.0 Å². The highest BCUT2D eigenvalue weighted by molar-refractivity contribution is 5.89. The first kappa shape index (κ1) is 17.0. The van der Waals surface area contributed by atoms with Crippen LogP contribution in [-0.4, -0.2) is 48.6 Å². The van der Waals surface area contributed by atoms with Crippen molar-refractivity contribution in [1.29, 1.82) is 0 Å². The van der Waals surface area contributed by atoms with Crippen LogP contribution in [-0.2, 0) is 9.53 Å². The lowest BCUT2D eigenvalue weighted by Gasteiger charge is -2.33. The van der Waals surface area contributed by atoms with E-state index in [0.29, 0.717) is 6.61 Å². The van der Waals surface area contributed by atoms with Crippen molar-refractivity contribution in [2.24, 2.45) is 0 Å². The summed E-state index contributed by atoms with van der Waals surface area (Å²) < 4.78 is 5.62. The molecule has 0 aliphatic carbocycles. The molecule has 1 aromatic heterocycles. The van der Waals surface area contributed by atoms with Crippen molar-refractivity contribution in [2.75, 3.05) is 32.8 Å². The van der Waals surface area contributed by atoms with E-state index in [9.17, 15) is 4.79 Å². The van der Waals surface area contributed by atoms with Crippen molar-refractivity contribution < 1.29 is 9.53 Å². The van der Waals surface area contributed by atoms with E-state index in [4.69, 9.17) is 4.74 Å². The number of H-pyrrole nitrogens is 1. The number of nitrogens with one attached hydrogen (secondary N) is 2. The molecule has 1 fully saturated rings. The van der Waals surface area contributed by atoms with Gasteiger partial charge in [-0.1, -0.05) is 38.0 Å². The molecule has 1 unspecified atom stereocenters.